The predicted octanol–water partition coefficient (Wildman–Crippen LogP) is 1.39. The van der Waals surface area contributed by atoms with Gasteiger partial charge in [-0.25, -0.2) is 8.78 Å². The molecule has 26 heavy (non-hydrogen) atoms. The zero-order chi connectivity index (χ0) is 18.9. The van der Waals surface area contributed by atoms with Gasteiger partial charge < -0.3 is 15.2 Å². The number of hydrogen-bond donors (Lipinski definition) is 2. The Labute approximate surface area is 147 Å². The number of aromatic nitrogens is 1. The van der Waals surface area contributed by atoms with Gasteiger partial charge in [-0.05, 0) is 11.6 Å². The molecule has 1 unspecified atom stereocenters. The lowest BCUT2D eigenvalue weighted by atomic mass is 10.1. The molecule has 3 rings (SSSR count). The van der Waals surface area contributed by atoms with E-state index in [1.54, 1.807) is 24.3 Å². The van der Waals surface area contributed by atoms with Crippen molar-refractivity contribution < 1.29 is 18.4 Å². The van der Waals surface area contributed by atoms with Gasteiger partial charge in [0, 0.05) is 19.7 Å². The molecule has 0 bridgehead atoms. The van der Waals surface area contributed by atoms with Gasteiger partial charge in [0.15, 0.2) is 0 Å². The molecular formula is C18H17F2N3O3. The molecule has 0 aliphatic heterocycles. The molecule has 136 valence electrons. The number of carbonyl (C=O) groups is 2. The van der Waals surface area contributed by atoms with Gasteiger partial charge in [0.1, 0.15) is 5.56 Å². The van der Waals surface area contributed by atoms with E-state index in [0.717, 1.165) is 11.6 Å². The number of hydrogen-bond acceptors (Lipinski definition) is 3. The number of pyridine rings is 1. The Kier molecular flexibility index (Phi) is 4.58. The van der Waals surface area contributed by atoms with Gasteiger partial charge in [0.2, 0.25) is 0 Å². The predicted molar refractivity (Wildman–Crippen MR) is 90.5 cm³/mol. The third kappa shape index (κ3) is 3.63. The largest absolute Gasteiger partial charge is 0.355 e. The third-order valence-electron chi connectivity index (χ3n) is 4.15. The first-order valence-corrected chi connectivity index (χ1v) is 8.01. The molecule has 1 aliphatic rings. The highest BCUT2D eigenvalue weighted by Crippen LogP contribution is 2.41. The average Bonchev–Trinajstić information content (AvgIpc) is 3.22. The molecule has 2 N–H and O–H groups in total. The van der Waals surface area contributed by atoms with E-state index in [1.165, 1.54) is 17.8 Å². The van der Waals surface area contributed by atoms with E-state index in [0.29, 0.717) is 0 Å². The molecule has 8 heteroatoms. The van der Waals surface area contributed by atoms with Crippen LogP contribution in [0.3, 0.4) is 0 Å². The minimum absolute atomic E-state index is 0.0261. The number of carbonyl (C=O) groups excluding carboxylic acids is 2. The summed E-state index contributed by atoms with van der Waals surface area (Å²) in [6.07, 6.45) is 0.863. The van der Waals surface area contributed by atoms with Crippen LogP contribution in [0.4, 0.5) is 8.78 Å². The van der Waals surface area contributed by atoms with Crippen LogP contribution < -0.4 is 16.2 Å². The number of benzene rings is 1. The number of rotatable bonds is 5. The van der Waals surface area contributed by atoms with E-state index < -0.39 is 35.8 Å². The lowest BCUT2D eigenvalue weighted by Gasteiger charge is -2.12. The maximum atomic E-state index is 13.0. The monoisotopic (exact) mass is 361 g/mol. The number of alkyl halides is 2. The molecular weight excluding hydrogens is 344 g/mol. The molecule has 1 aromatic heterocycles. The minimum Gasteiger partial charge on any atom is -0.355 e. The molecule has 1 saturated carbocycles. The molecule has 0 radical (unpaired) electrons. The van der Waals surface area contributed by atoms with Gasteiger partial charge in [0.05, 0.1) is 18.2 Å². The summed E-state index contributed by atoms with van der Waals surface area (Å²) in [6.45, 7) is 0.143. The molecule has 0 spiro atoms. The maximum Gasteiger partial charge on any atom is 0.270 e. The number of nitrogens with one attached hydrogen (secondary N) is 2. The molecule has 6 nitrogen and oxygen atoms in total. The molecule has 0 saturated heterocycles. The van der Waals surface area contributed by atoms with Crippen LogP contribution in [0.2, 0.25) is 0 Å². The lowest BCUT2D eigenvalue weighted by Crippen LogP contribution is -2.35. The Morgan fingerprint density at radius 3 is 2.46 bits per heavy atom. The van der Waals surface area contributed by atoms with Crippen LogP contribution in [0.15, 0.2) is 47.4 Å². The fraction of sp³-hybridized carbons (Fsp3) is 0.278. The fourth-order valence-corrected chi connectivity index (χ4v) is 2.57. The Morgan fingerprint density at radius 1 is 1.23 bits per heavy atom. The van der Waals surface area contributed by atoms with Crippen molar-refractivity contribution >= 4 is 11.8 Å². The van der Waals surface area contributed by atoms with Crippen LogP contribution in [-0.2, 0) is 6.54 Å². The minimum atomic E-state index is -2.90. The standard InChI is InChI=1S/C18H17F2N3O3/c1-21-16(25)13-7-12(15(24)22-14-8-18(14,19)20)10-23(17(13)26)9-11-5-3-2-4-6-11/h2-7,10,14H,8-9H2,1H3,(H,21,25)(H,22,24). The van der Waals surface area contributed by atoms with Crippen molar-refractivity contribution in [2.75, 3.05) is 7.05 Å². The first-order chi connectivity index (χ1) is 12.3. The van der Waals surface area contributed by atoms with Gasteiger partial charge >= 0.3 is 0 Å². The zero-order valence-electron chi connectivity index (χ0n) is 14.0. The Bertz CT molecular complexity index is 910. The second-order valence-electron chi connectivity index (χ2n) is 6.13. The average molecular weight is 361 g/mol. The van der Waals surface area contributed by atoms with Gasteiger partial charge in [-0.1, -0.05) is 30.3 Å². The topological polar surface area (TPSA) is 80.2 Å². The molecule has 1 aliphatic carbocycles. The molecule has 2 aromatic rings. The summed E-state index contributed by atoms with van der Waals surface area (Å²) in [5, 5.41) is 4.56. The second-order valence-corrected chi connectivity index (χ2v) is 6.13. The Morgan fingerprint density at radius 2 is 1.88 bits per heavy atom. The van der Waals surface area contributed by atoms with Gasteiger partial charge in [0.25, 0.3) is 23.3 Å². The first kappa shape index (κ1) is 17.8. The Hall–Kier alpha value is -3.03. The number of halogens is 2. The van der Waals surface area contributed by atoms with E-state index in [1.807, 2.05) is 6.07 Å². The van der Waals surface area contributed by atoms with E-state index in [2.05, 4.69) is 10.6 Å². The first-order valence-electron chi connectivity index (χ1n) is 8.01. The van der Waals surface area contributed by atoms with Crippen molar-refractivity contribution in [1.29, 1.82) is 0 Å². The second kappa shape index (κ2) is 6.70. The normalized spacial score (nSPS) is 17.4. The summed E-state index contributed by atoms with van der Waals surface area (Å²) < 4.78 is 27.3. The zero-order valence-corrected chi connectivity index (χ0v) is 14.0. The summed E-state index contributed by atoms with van der Waals surface area (Å²) in [5.41, 5.74) is -0.0225. The quantitative estimate of drug-likeness (QED) is 0.845. The summed E-state index contributed by atoms with van der Waals surface area (Å²) in [7, 11) is 1.36. The van der Waals surface area contributed by atoms with Crippen LogP contribution in [0.1, 0.15) is 32.7 Å². The highest BCUT2D eigenvalue weighted by Gasteiger charge is 2.57. The van der Waals surface area contributed by atoms with Gasteiger partial charge in [-0.2, -0.15) is 0 Å². The van der Waals surface area contributed by atoms with Crippen molar-refractivity contribution in [3.63, 3.8) is 0 Å². The van der Waals surface area contributed by atoms with Crippen molar-refractivity contribution in [1.82, 2.24) is 15.2 Å². The van der Waals surface area contributed by atoms with E-state index in [-0.39, 0.29) is 17.7 Å². The third-order valence-corrected chi connectivity index (χ3v) is 4.15. The van der Waals surface area contributed by atoms with E-state index >= 15 is 0 Å². The van der Waals surface area contributed by atoms with Crippen molar-refractivity contribution in [2.45, 2.75) is 24.9 Å². The summed E-state index contributed by atoms with van der Waals surface area (Å²) in [6, 6.07) is 8.92. The highest BCUT2D eigenvalue weighted by molar-refractivity contribution is 5.99. The number of amides is 2. The molecule has 2 amide bonds. The van der Waals surface area contributed by atoms with Crippen LogP contribution in [0.5, 0.6) is 0 Å². The van der Waals surface area contributed by atoms with Crippen LogP contribution in [0, 0.1) is 0 Å². The van der Waals surface area contributed by atoms with Crippen LogP contribution >= 0.6 is 0 Å². The van der Waals surface area contributed by atoms with Crippen LogP contribution in [0.25, 0.3) is 0 Å². The highest BCUT2D eigenvalue weighted by atomic mass is 19.3. The van der Waals surface area contributed by atoms with Crippen molar-refractivity contribution in [2.24, 2.45) is 0 Å². The summed E-state index contributed by atoms with van der Waals surface area (Å²) in [4.78, 5) is 36.8. The number of nitrogens with zero attached hydrogens (tertiary/aromatic N) is 1. The van der Waals surface area contributed by atoms with E-state index in [9.17, 15) is 23.2 Å². The maximum absolute atomic E-state index is 13.0. The van der Waals surface area contributed by atoms with Crippen molar-refractivity contribution in [3.05, 3.63) is 69.6 Å². The van der Waals surface area contributed by atoms with Crippen LogP contribution in [-0.4, -0.2) is 35.4 Å². The molecule has 1 aromatic carbocycles. The Balaban J connectivity index is 1.96. The molecule has 1 atom stereocenters. The summed E-state index contributed by atoms with van der Waals surface area (Å²) >= 11 is 0. The van der Waals surface area contributed by atoms with E-state index in [4.69, 9.17) is 0 Å². The fourth-order valence-electron chi connectivity index (χ4n) is 2.57. The lowest BCUT2D eigenvalue weighted by molar-refractivity contribution is 0.0848. The SMILES string of the molecule is CNC(=O)c1cc(C(=O)NC2CC2(F)F)cn(Cc2ccccc2)c1=O. The molecule has 1 fully saturated rings. The molecule has 1 heterocycles. The van der Waals surface area contributed by atoms with Gasteiger partial charge in [-0.15, -0.1) is 0 Å². The van der Waals surface area contributed by atoms with Gasteiger partial charge in [-0.3, -0.25) is 14.4 Å². The summed E-state index contributed by atoms with van der Waals surface area (Å²) in [5.74, 6) is -4.31. The smallest absolute Gasteiger partial charge is 0.270 e. The van der Waals surface area contributed by atoms with Crippen molar-refractivity contribution in [3.8, 4) is 0 Å².